The largest absolute Gasteiger partial charge is 0.198 e. The van der Waals surface area contributed by atoms with Crippen molar-refractivity contribution in [2.75, 3.05) is 0 Å². The van der Waals surface area contributed by atoms with Gasteiger partial charge in [0.1, 0.15) is 0 Å². The van der Waals surface area contributed by atoms with Gasteiger partial charge in [0.05, 0.1) is 12.1 Å². The first-order chi connectivity index (χ1) is 4.85. The lowest BCUT2D eigenvalue weighted by Gasteiger charge is -1.89. The normalized spacial score (nSPS) is 10.1. The van der Waals surface area contributed by atoms with Crippen molar-refractivity contribution in [1.82, 2.24) is 0 Å². The Kier molecular flexibility index (Phi) is 5.10. The second kappa shape index (κ2) is 5.85. The molecule has 0 aromatic heterocycles. The van der Waals surface area contributed by atoms with E-state index in [0.717, 1.165) is 12.0 Å². The first-order valence-corrected chi connectivity index (χ1v) is 3.31. The number of rotatable bonds is 3. The van der Waals surface area contributed by atoms with E-state index in [0.29, 0.717) is 12.8 Å². The predicted octanol–water partition coefficient (Wildman–Crippen LogP) is 2.15. The summed E-state index contributed by atoms with van der Waals surface area (Å²) in [7, 11) is 0. The molecular weight excluding hydrogens is 124 g/mol. The summed E-state index contributed by atoms with van der Waals surface area (Å²) < 4.78 is 0. The van der Waals surface area contributed by atoms with Gasteiger partial charge in [-0.05, 0) is 12.8 Å². The number of nitriles is 2. The monoisotopic (exact) mass is 134 g/mol. The van der Waals surface area contributed by atoms with Crippen molar-refractivity contribution in [1.29, 1.82) is 10.5 Å². The van der Waals surface area contributed by atoms with Gasteiger partial charge in [-0.3, -0.25) is 0 Å². The smallest absolute Gasteiger partial charge is 0.0944 e. The van der Waals surface area contributed by atoms with Crippen LogP contribution in [-0.4, -0.2) is 0 Å². The lowest BCUT2D eigenvalue weighted by Crippen LogP contribution is -1.77. The van der Waals surface area contributed by atoms with Crippen LogP contribution in [-0.2, 0) is 0 Å². The Balaban J connectivity index is 3.78. The molecule has 0 amide bonds. The molecule has 0 aromatic carbocycles. The van der Waals surface area contributed by atoms with Crippen LogP contribution in [0.5, 0.6) is 0 Å². The fourth-order valence-corrected chi connectivity index (χ4v) is 0.641. The van der Waals surface area contributed by atoms with Crippen molar-refractivity contribution in [3.8, 4) is 12.1 Å². The van der Waals surface area contributed by atoms with Crippen molar-refractivity contribution in [2.24, 2.45) is 0 Å². The molecule has 0 aliphatic heterocycles. The molecule has 0 aromatic rings. The molecule has 0 fully saturated rings. The molecular formula is C8H10N2. The zero-order chi connectivity index (χ0) is 7.82. The summed E-state index contributed by atoms with van der Waals surface area (Å²) in [5.74, 6) is 0. The van der Waals surface area contributed by atoms with Crippen LogP contribution in [0.15, 0.2) is 11.6 Å². The highest BCUT2D eigenvalue weighted by Gasteiger charge is 1.91. The van der Waals surface area contributed by atoms with E-state index in [1.54, 1.807) is 0 Å². The average molecular weight is 134 g/mol. The fraction of sp³-hybridized carbons (Fsp3) is 0.500. The van der Waals surface area contributed by atoms with Gasteiger partial charge in [0.2, 0.25) is 0 Å². The molecule has 2 heteroatoms. The molecule has 10 heavy (non-hydrogen) atoms. The molecule has 52 valence electrons. The highest BCUT2D eigenvalue weighted by Crippen LogP contribution is 2.03. The first kappa shape index (κ1) is 8.72. The van der Waals surface area contributed by atoms with Crippen molar-refractivity contribution >= 4 is 0 Å². The molecule has 0 aliphatic carbocycles. The summed E-state index contributed by atoms with van der Waals surface area (Å²) in [4.78, 5) is 0. The lowest BCUT2D eigenvalue weighted by molar-refractivity contribution is 1.00. The van der Waals surface area contributed by atoms with Gasteiger partial charge in [0, 0.05) is 12.0 Å². The highest BCUT2D eigenvalue weighted by atomic mass is 14.3. The van der Waals surface area contributed by atoms with Gasteiger partial charge in [-0.15, -0.1) is 0 Å². The first-order valence-electron chi connectivity index (χ1n) is 3.31. The van der Waals surface area contributed by atoms with E-state index in [2.05, 4.69) is 0 Å². The predicted molar refractivity (Wildman–Crippen MR) is 38.8 cm³/mol. The minimum Gasteiger partial charge on any atom is -0.198 e. The number of nitrogens with zero attached hydrogens (tertiary/aromatic N) is 2. The van der Waals surface area contributed by atoms with Gasteiger partial charge in [-0.25, -0.2) is 0 Å². The zero-order valence-corrected chi connectivity index (χ0v) is 6.09. The van der Waals surface area contributed by atoms with Crippen LogP contribution in [0.1, 0.15) is 26.2 Å². The summed E-state index contributed by atoms with van der Waals surface area (Å²) in [5, 5.41) is 16.6. The zero-order valence-electron chi connectivity index (χ0n) is 6.09. The number of hydrogen-bond donors (Lipinski definition) is 0. The lowest BCUT2D eigenvalue weighted by atomic mass is 10.1. The number of allylic oxidation sites excluding steroid dienone is 2. The third-order valence-electron chi connectivity index (χ3n) is 1.10. The summed E-state index contributed by atoms with van der Waals surface area (Å²) in [6.07, 6.45) is 3.77. The third-order valence-corrected chi connectivity index (χ3v) is 1.10. The van der Waals surface area contributed by atoms with Crippen LogP contribution in [0.3, 0.4) is 0 Å². The Bertz CT molecular complexity index is 190. The molecule has 0 rings (SSSR count). The van der Waals surface area contributed by atoms with Crippen molar-refractivity contribution in [3.63, 3.8) is 0 Å². The molecule has 0 spiro atoms. The molecule has 0 heterocycles. The molecule has 0 radical (unpaired) electrons. The van der Waals surface area contributed by atoms with E-state index in [1.807, 2.05) is 25.1 Å². The summed E-state index contributed by atoms with van der Waals surface area (Å²) >= 11 is 0. The minimum absolute atomic E-state index is 0.444. The Morgan fingerprint density at radius 3 is 2.60 bits per heavy atom. The second-order valence-corrected chi connectivity index (χ2v) is 1.91. The Morgan fingerprint density at radius 1 is 1.50 bits per heavy atom. The van der Waals surface area contributed by atoms with Gasteiger partial charge in [-0.2, -0.15) is 10.5 Å². The van der Waals surface area contributed by atoms with Crippen molar-refractivity contribution < 1.29 is 0 Å². The van der Waals surface area contributed by atoms with Crippen LogP contribution in [0, 0.1) is 22.7 Å². The van der Waals surface area contributed by atoms with E-state index in [1.165, 1.54) is 0 Å². The fourth-order valence-electron chi connectivity index (χ4n) is 0.641. The van der Waals surface area contributed by atoms with E-state index in [4.69, 9.17) is 10.5 Å². The summed E-state index contributed by atoms with van der Waals surface area (Å²) in [5.41, 5.74) is 0.726. The van der Waals surface area contributed by atoms with Gasteiger partial charge < -0.3 is 0 Å². The number of hydrogen-bond acceptors (Lipinski definition) is 2. The van der Waals surface area contributed by atoms with Gasteiger partial charge >= 0.3 is 0 Å². The molecule has 2 nitrogen and oxygen atoms in total. The van der Waals surface area contributed by atoms with Crippen molar-refractivity contribution in [3.05, 3.63) is 11.6 Å². The van der Waals surface area contributed by atoms with Crippen LogP contribution < -0.4 is 0 Å². The molecule has 0 unspecified atom stereocenters. The molecule has 0 atom stereocenters. The maximum Gasteiger partial charge on any atom is 0.0944 e. The summed E-state index contributed by atoms with van der Waals surface area (Å²) in [6.45, 7) is 1.98. The van der Waals surface area contributed by atoms with Gasteiger partial charge in [0.15, 0.2) is 0 Å². The maximum absolute atomic E-state index is 8.46. The molecule has 0 saturated carbocycles. The van der Waals surface area contributed by atoms with Crippen LogP contribution in [0.2, 0.25) is 0 Å². The van der Waals surface area contributed by atoms with E-state index in [9.17, 15) is 0 Å². The van der Waals surface area contributed by atoms with E-state index < -0.39 is 0 Å². The highest BCUT2D eigenvalue weighted by molar-refractivity contribution is 5.20. The topological polar surface area (TPSA) is 47.6 Å². The van der Waals surface area contributed by atoms with E-state index in [-0.39, 0.29) is 0 Å². The van der Waals surface area contributed by atoms with Gasteiger partial charge in [-0.1, -0.05) is 13.0 Å². The third kappa shape index (κ3) is 3.69. The van der Waals surface area contributed by atoms with Crippen LogP contribution in [0.25, 0.3) is 0 Å². The van der Waals surface area contributed by atoms with Crippen LogP contribution in [0.4, 0.5) is 0 Å². The molecule has 0 N–H and O–H groups in total. The minimum atomic E-state index is 0.444. The van der Waals surface area contributed by atoms with E-state index >= 15 is 0 Å². The van der Waals surface area contributed by atoms with Crippen LogP contribution >= 0.6 is 0 Å². The molecule has 0 bridgehead atoms. The Hall–Kier alpha value is -1.28. The summed E-state index contributed by atoms with van der Waals surface area (Å²) in [6, 6.07) is 4.05. The van der Waals surface area contributed by atoms with Gasteiger partial charge in [0.25, 0.3) is 0 Å². The molecule has 0 saturated heterocycles. The Labute approximate surface area is 61.4 Å². The van der Waals surface area contributed by atoms with Crippen molar-refractivity contribution in [2.45, 2.75) is 26.2 Å². The average Bonchev–Trinajstić information content (AvgIpc) is 1.98. The molecule has 0 aliphatic rings. The second-order valence-electron chi connectivity index (χ2n) is 1.91. The Morgan fingerprint density at radius 2 is 2.20 bits per heavy atom. The SMILES string of the molecule is CCC=C(C#N)CCC#N. The maximum atomic E-state index is 8.46. The standard InChI is InChI=1S/C8H10N2/c1-2-4-8(7-10)5-3-6-9/h4H,2-3,5H2,1H3. The quantitative estimate of drug-likeness (QED) is 0.555.